The standard InChI is InChI=1S/C9H11ClN4O4S/c1-6-5-19(17,18)3-2-13(6)8-7(14(15)16)4-11-9(10)12-8/h4,6H,2-3,5H2,1H3. The minimum absolute atomic E-state index is 0.0594. The molecule has 0 spiro atoms. The van der Waals surface area contributed by atoms with Crippen molar-refractivity contribution in [3.8, 4) is 0 Å². The summed E-state index contributed by atoms with van der Waals surface area (Å²) < 4.78 is 23.0. The van der Waals surface area contributed by atoms with Crippen molar-refractivity contribution in [2.24, 2.45) is 0 Å². The lowest BCUT2D eigenvalue weighted by molar-refractivity contribution is -0.384. The zero-order chi connectivity index (χ0) is 14.2. The van der Waals surface area contributed by atoms with Crippen molar-refractivity contribution in [1.29, 1.82) is 0 Å². The molecule has 1 unspecified atom stereocenters. The van der Waals surface area contributed by atoms with Gasteiger partial charge in [-0.05, 0) is 18.5 Å². The number of halogens is 1. The van der Waals surface area contributed by atoms with E-state index in [4.69, 9.17) is 11.6 Å². The van der Waals surface area contributed by atoms with Crippen LogP contribution >= 0.6 is 11.6 Å². The van der Waals surface area contributed by atoms with Crippen LogP contribution < -0.4 is 4.90 Å². The molecule has 1 aromatic heterocycles. The van der Waals surface area contributed by atoms with Gasteiger partial charge in [0.25, 0.3) is 0 Å². The van der Waals surface area contributed by atoms with E-state index in [0.29, 0.717) is 0 Å². The second-order valence-corrected chi connectivity index (χ2v) is 6.83. The zero-order valence-corrected chi connectivity index (χ0v) is 11.6. The predicted octanol–water partition coefficient (Wildman–Crippen LogP) is 0.661. The van der Waals surface area contributed by atoms with E-state index in [1.54, 1.807) is 11.8 Å². The molecule has 1 saturated heterocycles. The molecule has 0 aliphatic carbocycles. The van der Waals surface area contributed by atoms with Crippen molar-refractivity contribution in [3.63, 3.8) is 0 Å². The fraction of sp³-hybridized carbons (Fsp3) is 0.556. The largest absolute Gasteiger partial charge is 0.346 e. The molecule has 104 valence electrons. The number of nitrogens with zero attached hydrogens (tertiary/aromatic N) is 4. The molecule has 2 heterocycles. The highest BCUT2D eigenvalue weighted by Crippen LogP contribution is 2.29. The third-order valence-corrected chi connectivity index (χ3v) is 4.84. The molecule has 0 amide bonds. The summed E-state index contributed by atoms with van der Waals surface area (Å²) in [5.74, 6) is -0.0607. The number of hydrogen-bond donors (Lipinski definition) is 0. The second-order valence-electron chi connectivity index (χ2n) is 4.26. The summed E-state index contributed by atoms with van der Waals surface area (Å²) in [6.45, 7) is 1.83. The lowest BCUT2D eigenvalue weighted by atomic mass is 10.3. The van der Waals surface area contributed by atoms with Crippen LogP contribution in [0.5, 0.6) is 0 Å². The van der Waals surface area contributed by atoms with E-state index in [1.165, 1.54) is 0 Å². The molecule has 0 N–H and O–H groups in total. The summed E-state index contributed by atoms with van der Waals surface area (Å²) in [6, 6.07) is -0.400. The third kappa shape index (κ3) is 2.92. The molecule has 8 nitrogen and oxygen atoms in total. The average Bonchev–Trinajstić information content (AvgIpc) is 2.27. The zero-order valence-electron chi connectivity index (χ0n) is 9.98. The Hall–Kier alpha value is -1.48. The van der Waals surface area contributed by atoms with E-state index >= 15 is 0 Å². The normalized spacial score (nSPS) is 22.2. The maximum Gasteiger partial charge on any atom is 0.329 e. The molecule has 0 saturated carbocycles. The number of aromatic nitrogens is 2. The van der Waals surface area contributed by atoms with Crippen molar-refractivity contribution in [3.05, 3.63) is 21.6 Å². The Kier molecular flexibility index (Phi) is 3.59. The first-order valence-electron chi connectivity index (χ1n) is 5.44. The molecule has 10 heteroatoms. The van der Waals surface area contributed by atoms with Crippen LogP contribution in [-0.2, 0) is 9.84 Å². The van der Waals surface area contributed by atoms with Crippen LogP contribution in [0.15, 0.2) is 6.20 Å². The molecule has 0 bridgehead atoms. The average molecular weight is 307 g/mol. The van der Waals surface area contributed by atoms with Gasteiger partial charge >= 0.3 is 5.69 Å². The first kappa shape index (κ1) is 13.9. The van der Waals surface area contributed by atoms with Crippen LogP contribution in [0.3, 0.4) is 0 Å². The van der Waals surface area contributed by atoms with Gasteiger partial charge < -0.3 is 4.90 Å². The fourth-order valence-corrected chi connectivity index (χ4v) is 3.68. The molecular formula is C9H11ClN4O4S. The summed E-state index contributed by atoms with van der Waals surface area (Å²) in [5, 5.41) is 10.8. The fourth-order valence-electron chi connectivity index (χ4n) is 2.00. The highest BCUT2D eigenvalue weighted by atomic mass is 35.5. The number of hydrogen-bond acceptors (Lipinski definition) is 7. The summed E-state index contributed by atoms with van der Waals surface area (Å²) >= 11 is 5.65. The molecular weight excluding hydrogens is 296 g/mol. The molecule has 1 aromatic rings. The lowest BCUT2D eigenvalue weighted by Crippen LogP contribution is -2.47. The van der Waals surface area contributed by atoms with Crippen LogP contribution in [0.4, 0.5) is 11.5 Å². The minimum atomic E-state index is -3.10. The van der Waals surface area contributed by atoms with Gasteiger partial charge in [-0.2, -0.15) is 4.98 Å². The Morgan fingerprint density at radius 3 is 2.84 bits per heavy atom. The minimum Gasteiger partial charge on any atom is -0.346 e. The smallest absolute Gasteiger partial charge is 0.329 e. The third-order valence-electron chi connectivity index (χ3n) is 2.86. The highest BCUT2D eigenvalue weighted by molar-refractivity contribution is 7.91. The van der Waals surface area contributed by atoms with Gasteiger partial charge in [-0.3, -0.25) is 10.1 Å². The van der Waals surface area contributed by atoms with E-state index in [0.717, 1.165) is 6.20 Å². The SMILES string of the molecule is CC1CS(=O)(=O)CCN1c1nc(Cl)ncc1[N+](=O)[O-]. The van der Waals surface area contributed by atoms with Crippen molar-refractivity contribution in [2.75, 3.05) is 23.0 Å². The number of nitro groups is 1. The van der Waals surface area contributed by atoms with E-state index in [1.807, 2.05) is 0 Å². The topological polar surface area (TPSA) is 106 Å². The van der Waals surface area contributed by atoms with Crippen LogP contribution in [-0.4, -0.2) is 47.4 Å². The Morgan fingerprint density at radius 1 is 1.58 bits per heavy atom. The van der Waals surface area contributed by atoms with Crippen LogP contribution in [0.25, 0.3) is 0 Å². The van der Waals surface area contributed by atoms with Gasteiger partial charge in [0.05, 0.1) is 16.4 Å². The molecule has 1 aliphatic heterocycles. The first-order chi connectivity index (χ1) is 8.80. The van der Waals surface area contributed by atoms with Gasteiger partial charge in [0.1, 0.15) is 6.20 Å². The monoisotopic (exact) mass is 306 g/mol. The Labute approximate surface area is 114 Å². The summed E-state index contributed by atoms with van der Waals surface area (Å²) in [5.41, 5.74) is -0.282. The number of rotatable bonds is 2. The molecule has 1 atom stereocenters. The van der Waals surface area contributed by atoms with E-state index in [9.17, 15) is 18.5 Å². The van der Waals surface area contributed by atoms with Crippen molar-refractivity contribution >= 4 is 32.9 Å². The Bertz CT molecular complexity index is 621. The van der Waals surface area contributed by atoms with Gasteiger partial charge in [-0.15, -0.1) is 0 Å². The van der Waals surface area contributed by atoms with Gasteiger partial charge in [-0.1, -0.05) is 0 Å². The van der Waals surface area contributed by atoms with Crippen LogP contribution in [0.1, 0.15) is 6.92 Å². The Balaban J connectivity index is 2.42. The predicted molar refractivity (Wildman–Crippen MR) is 69.2 cm³/mol. The first-order valence-corrected chi connectivity index (χ1v) is 7.64. The number of anilines is 1. The molecule has 1 fully saturated rings. The van der Waals surface area contributed by atoms with Gasteiger partial charge in [0.15, 0.2) is 9.84 Å². The molecule has 1 aliphatic rings. The van der Waals surface area contributed by atoms with E-state index in [2.05, 4.69) is 9.97 Å². The van der Waals surface area contributed by atoms with Gasteiger partial charge in [-0.25, -0.2) is 13.4 Å². The van der Waals surface area contributed by atoms with Crippen LogP contribution in [0.2, 0.25) is 5.28 Å². The maximum absolute atomic E-state index is 11.5. The Morgan fingerprint density at radius 2 is 2.26 bits per heavy atom. The summed E-state index contributed by atoms with van der Waals surface area (Å²) in [4.78, 5) is 19.4. The molecule has 0 radical (unpaired) electrons. The van der Waals surface area contributed by atoms with E-state index < -0.39 is 20.8 Å². The van der Waals surface area contributed by atoms with Gasteiger partial charge in [0, 0.05) is 12.6 Å². The maximum atomic E-state index is 11.5. The summed E-state index contributed by atoms with van der Waals surface area (Å²) in [7, 11) is -3.10. The molecule has 2 rings (SSSR count). The van der Waals surface area contributed by atoms with Crippen LogP contribution in [0, 0.1) is 10.1 Å². The van der Waals surface area contributed by atoms with E-state index in [-0.39, 0.29) is 34.8 Å². The quantitative estimate of drug-likeness (QED) is 0.449. The van der Waals surface area contributed by atoms with Crippen molar-refractivity contribution in [1.82, 2.24) is 9.97 Å². The number of sulfone groups is 1. The summed E-state index contributed by atoms with van der Waals surface area (Å²) in [6.07, 6.45) is 1.03. The molecule has 0 aromatic carbocycles. The lowest BCUT2D eigenvalue weighted by Gasteiger charge is -2.33. The van der Waals surface area contributed by atoms with Crippen molar-refractivity contribution < 1.29 is 13.3 Å². The van der Waals surface area contributed by atoms with Gasteiger partial charge in [0.2, 0.25) is 11.1 Å². The highest BCUT2D eigenvalue weighted by Gasteiger charge is 2.33. The second kappa shape index (κ2) is 4.89. The van der Waals surface area contributed by atoms with Crippen molar-refractivity contribution in [2.45, 2.75) is 13.0 Å². The molecule has 19 heavy (non-hydrogen) atoms.